The lowest BCUT2D eigenvalue weighted by Crippen LogP contribution is -2.74. The maximum atomic E-state index is 14.2. The molecule has 1 aliphatic carbocycles. The lowest BCUT2D eigenvalue weighted by atomic mass is 9.49. The SMILES string of the molecule is CC(C)[C@@H](C(=O)N1C[C@H](O)C[C@H]1C(=O)NCc1ccc(Cl)cc1OCCN1CCN(c2ccc(C(=O)N[C@H]3C(C)(C)[C@H](Oc4ccc(C#N)c(Cl)c4)C3(C)C)cn2)CC1)N1Cc2ccccc2C1=O. The molecule has 3 aliphatic heterocycles. The Hall–Kier alpha value is -5.92. The van der Waals surface area contributed by atoms with E-state index in [0.717, 1.165) is 37.6 Å². The number of hydrogen-bond donors (Lipinski definition) is 3. The number of aliphatic hydroxyl groups is 1. The maximum absolute atomic E-state index is 14.2. The topological polar surface area (TPSA) is 181 Å². The number of amides is 4. The predicted molar refractivity (Wildman–Crippen MR) is 262 cm³/mol. The zero-order valence-corrected chi connectivity index (χ0v) is 41.4. The van der Waals surface area contributed by atoms with Crippen LogP contribution in [0.5, 0.6) is 11.5 Å². The number of nitrogens with zero attached hydrogens (tertiary/aromatic N) is 6. The third-order valence-electron chi connectivity index (χ3n) is 14.2. The van der Waals surface area contributed by atoms with Crippen molar-refractivity contribution >= 4 is 52.6 Å². The summed E-state index contributed by atoms with van der Waals surface area (Å²) in [7, 11) is 0. The summed E-state index contributed by atoms with van der Waals surface area (Å²) in [6.45, 7) is 16.5. The van der Waals surface area contributed by atoms with Crippen molar-refractivity contribution in [3.63, 3.8) is 0 Å². The Bertz CT molecular complexity index is 2610. The van der Waals surface area contributed by atoms with E-state index < -0.39 is 34.9 Å². The summed E-state index contributed by atoms with van der Waals surface area (Å²) >= 11 is 12.7. The number of carbonyl (C=O) groups is 4. The molecule has 3 atom stereocenters. The summed E-state index contributed by atoms with van der Waals surface area (Å²) in [6, 6.07) is 21.5. The summed E-state index contributed by atoms with van der Waals surface area (Å²) in [6.07, 6.45) is 0.607. The fraction of sp³-hybridized carbons (Fsp3) is 0.462. The number of ether oxygens (including phenoxy) is 2. The van der Waals surface area contributed by atoms with Crippen LogP contribution in [0.2, 0.25) is 10.0 Å². The number of benzene rings is 3. The number of likely N-dealkylation sites (tertiary alicyclic amines) is 1. The molecule has 8 rings (SSSR count). The number of fused-ring (bicyclic) bond motifs is 1. The highest BCUT2D eigenvalue weighted by atomic mass is 35.5. The van der Waals surface area contributed by atoms with Crippen LogP contribution in [-0.2, 0) is 22.7 Å². The molecule has 3 fully saturated rings. The molecule has 0 radical (unpaired) electrons. The lowest BCUT2D eigenvalue weighted by molar-refractivity contribution is -0.164. The molecule has 4 amide bonds. The zero-order chi connectivity index (χ0) is 49.4. The Morgan fingerprint density at radius 3 is 2.38 bits per heavy atom. The molecule has 0 unspecified atom stereocenters. The molecule has 17 heteroatoms. The van der Waals surface area contributed by atoms with Gasteiger partial charge in [-0.2, -0.15) is 5.26 Å². The minimum Gasteiger partial charge on any atom is -0.492 e. The third kappa shape index (κ3) is 10.2. The van der Waals surface area contributed by atoms with Gasteiger partial charge in [-0.05, 0) is 53.9 Å². The molecule has 4 aliphatic rings. The van der Waals surface area contributed by atoms with Crippen molar-refractivity contribution in [2.24, 2.45) is 16.7 Å². The Morgan fingerprint density at radius 1 is 0.971 bits per heavy atom. The summed E-state index contributed by atoms with van der Waals surface area (Å²) in [5, 5.41) is 27.0. The van der Waals surface area contributed by atoms with Crippen molar-refractivity contribution in [2.75, 3.05) is 50.8 Å². The van der Waals surface area contributed by atoms with E-state index in [-0.39, 0.29) is 55.3 Å². The molecule has 3 N–H and O–H groups in total. The van der Waals surface area contributed by atoms with Gasteiger partial charge in [0.1, 0.15) is 48.2 Å². The summed E-state index contributed by atoms with van der Waals surface area (Å²) < 4.78 is 12.6. The largest absolute Gasteiger partial charge is 0.492 e. The quantitative estimate of drug-likeness (QED) is 0.121. The smallest absolute Gasteiger partial charge is 0.255 e. The normalized spacial score (nSPS) is 22.1. The van der Waals surface area contributed by atoms with Crippen LogP contribution in [0.3, 0.4) is 0 Å². The van der Waals surface area contributed by atoms with Crippen LogP contribution in [0.1, 0.15) is 85.4 Å². The highest BCUT2D eigenvalue weighted by Crippen LogP contribution is 2.55. The molecule has 3 aromatic carbocycles. The summed E-state index contributed by atoms with van der Waals surface area (Å²) in [5.74, 6) is 0.486. The van der Waals surface area contributed by atoms with Crippen molar-refractivity contribution in [3.8, 4) is 17.6 Å². The first-order chi connectivity index (χ1) is 32.9. The van der Waals surface area contributed by atoms with Crippen LogP contribution in [0.4, 0.5) is 5.82 Å². The molecular formula is C52H60Cl2N8O7. The summed E-state index contributed by atoms with van der Waals surface area (Å²) in [5.41, 5.74) is 2.20. The zero-order valence-electron chi connectivity index (χ0n) is 39.9. The van der Waals surface area contributed by atoms with Gasteiger partial charge in [0.2, 0.25) is 11.8 Å². The van der Waals surface area contributed by atoms with Gasteiger partial charge in [0, 0.05) is 104 Å². The number of carbonyl (C=O) groups excluding carboxylic acids is 4. The van der Waals surface area contributed by atoms with Crippen molar-refractivity contribution in [2.45, 2.75) is 91.4 Å². The average Bonchev–Trinajstić information content (AvgIpc) is 3.88. The van der Waals surface area contributed by atoms with Gasteiger partial charge in [-0.1, -0.05) is 89.0 Å². The van der Waals surface area contributed by atoms with E-state index in [9.17, 15) is 29.5 Å². The third-order valence-corrected chi connectivity index (χ3v) is 14.8. The molecular weight excluding hydrogens is 920 g/mol. The number of rotatable bonds is 15. The monoisotopic (exact) mass is 978 g/mol. The minimum atomic E-state index is -0.909. The number of β-amino-alcohol motifs (C(OH)–C–C–N with tert-alkyl or cyclic N) is 1. The Labute approximate surface area is 413 Å². The molecule has 364 valence electrons. The number of halogens is 2. The van der Waals surface area contributed by atoms with Crippen molar-refractivity contribution < 1.29 is 33.8 Å². The van der Waals surface area contributed by atoms with Gasteiger partial charge in [-0.25, -0.2) is 4.98 Å². The minimum absolute atomic E-state index is 0.00257. The van der Waals surface area contributed by atoms with E-state index in [0.29, 0.717) is 63.5 Å². The van der Waals surface area contributed by atoms with E-state index >= 15 is 0 Å². The van der Waals surface area contributed by atoms with E-state index in [1.165, 1.54) is 4.90 Å². The van der Waals surface area contributed by atoms with E-state index in [2.05, 4.69) is 59.2 Å². The Balaban J connectivity index is 0.797. The number of pyridine rings is 1. The van der Waals surface area contributed by atoms with Gasteiger partial charge in [0.25, 0.3) is 11.8 Å². The molecule has 4 heterocycles. The van der Waals surface area contributed by atoms with Gasteiger partial charge in [0.05, 0.1) is 22.3 Å². The Kier molecular flexibility index (Phi) is 14.5. The number of anilines is 1. The maximum Gasteiger partial charge on any atom is 0.255 e. The number of nitrogens with one attached hydrogen (secondary N) is 2. The Morgan fingerprint density at radius 2 is 1.71 bits per heavy atom. The second-order valence-electron chi connectivity index (χ2n) is 20.0. The van der Waals surface area contributed by atoms with Gasteiger partial charge < -0.3 is 39.9 Å². The molecule has 15 nitrogen and oxygen atoms in total. The van der Waals surface area contributed by atoms with Gasteiger partial charge >= 0.3 is 0 Å². The predicted octanol–water partition coefficient (Wildman–Crippen LogP) is 6.33. The van der Waals surface area contributed by atoms with Crippen LogP contribution in [0.15, 0.2) is 79.0 Å². The highest BCUT2D eigenvalue weighted by Gasteiger charge is 2.64. The van der Waals surface area contributed by atoms with Crippen LogP contribution < -0.4 is 25.0 Å². The number of piperazine rings is 1. The second-order valence-corrected chi connectivity index (χ2v) is 20.9. The molecule has 0 bridgehead atoms. The molecule has 4 aromatic rings. The van der Waals surface area contributed by atoms with Gasteiger partial charge in [-0.3, -0.25) is 24.1 Å². The first kappa shape index (κ1) is 49.5. The second kappa shape index (κ2) is 20.2. The van der Waals surface area contributed by atoms with Crippen molar-refractivity contribution in [1.82, 2.24) is 30.3 Å². The van der Waals surface area contributed by atoms with E-state index in [1.807, 2.05) is 32.0 Å². The average molecular weight is 980 g/mol. The highest BCUT2D eigenvalue weighted by molar-refractivity contribution is 6.32. The molecule has 0 spiro atoms. The van der Waals surface area contributed by atoms with Crippen LogP contribution in [-0.4, -0.2) is 125 Å². The van der Waals surface area contributed by atoms with Crippen LogP contribution in [0, 0.1) is 28.1 Å². The number of aromatic nitrogens is 1. The molecule has 69 heavy (non-hydrogen) atoms. The fourth-order valence-corrected chi connectivity index (χ4v) is 11.2. The van der Waals surface area contributed by atoms with Gasteiger partial charge in [0.15, 0.2) is 0 Å². The standard InChI is InChI=1S/C52H60Cl2N8O7/c1-31(2)44(62-29-35-9-7-8-10-39(35)47(62)66)48(67)61-30-37(63)24-41(61)46(65)57-27-33-11-14-36(53)23-42(33)68-22-21-59-17-19-60(20-18-59)43-16-13-34(28-56-43)45(64)58-49-51(3,4)50(52(49,5)6)69-38-15-12-32(26-55)40(54)25-38/h7-16,23,25,28,31,37,41,44,49-50,63H,17-22,24,27,29-30H2,1-6H3,(H,57,65)(H,58,64)/t37-,41+,44+,49-,50-/m1/s1. The fourth-order valence-electron chi connectivity index (χ4n) is 10.9. The van der Waals surface area contributed by atoms with Gasteiger partial charge in [-0.15, -0.1) is 0 Å². The van der Waals surface area contributed by atoms with Crippen LogP contribution in [0.25, 0.3) is 0 Å². The van der Waals surface area contributed by atoms with Crippen molar-refractivity contribution in [1.29, 1.82) is 5.26 Å². The van der Waals surface area contributed by atoms with Crippen molar-refractivity contribution in [3.05, 3.63) is 117 Å². The first-order valence-corrected chi connectivity index (χ1v) is 24.3. The summed E-state index contributed by atoms with van der Waals surface area (Å²) in [4.78, 5) is 67.1. The van der Waals surface area contributed by atoms with E-state index in [1.54, 1.807) is 65.7 Å². The molecule has 1 aromatic heterocycles. The van der Waals surface area contributed by atoms with Crippen LogP contribution >= 0.6 is 23.2 Å². The molecule has 2 saturated heterocycles. The lowest BCUT2D eigenvalue weighted by Gasteiger charge is -2.63. The number of hydrogen-bond acceptors (Lipinski definition) is 11. The number of nitriles is 1. The number of aliphatic hydroxyl groups excluding tert-OH is 1. The van der Waals surface area contributed by atoms with E-state index in [4.69, 9.17) is 32.7 Å². The molecule has 1 saturated carbocycles. The first-order valence-electron chi connectivity index (χ1n) is 23.5.